The van der Waals surface area contributed by atoms with Crippen molar-refractivity contribution in [3.05, 3.63) is 29.5 Å². The van der Waals surface area contributed by atoms with Crippen LogP contribution in [0.4, 0.5) is 5.69 Å². The maximum Gasteiger partial charge on any atom is 0.210 e. The van der Waals surface area contributed by atoms with E-state index < -0.39 is 9.84 Å². The average Bonchev–Trinajstić information content (AvgIpc) is 3.04. The van der Waals surface area contributed by atoms with Crippen molar-refractivity contribution in [3.8, 4) is 18.2 Å². The van der Waals surface area contributed by atoms with Crippen molar-refractivity contribution in [1.82, 2.24) is 4.98 Å². The number of allylic oxidation sites excluding steroid dienone is 2. The second kappa shape index (κ2) is 7.76. The molecule has 0 aliphatic rings. The molecule has 0 radical (unpaired) electrons. The van der Waals surface area contributed by atoms with Gasteiger partial charge in [0.25, 0.3) is 0 Å². The monoisotopic (exact) mass is 371 g/mol. The highest BCUT2D eigenvalue weighted by Gasteiger charge is 2.19. The van der Waals surface area contributed by atoms with Crippen LogP contribution in [-0.2, 0) is 9.84 Å². The number of nitrogens with one attached hydrogen (secondary N) is 1. The molecule has 2 rings (SSSR count). The average molecular weight is 371 g/mol. The number of nitriles is 3. The van der Waals surface area contributed by atoms with Crippen LogP contribution in [-0.4, -0.2) is 19.2 Å². The summed E-state index contributed by atoms with van der Waals surface area (Å²) in [6.45, 7) is 1.92. The second-order valence-electron chi connectivity index (χ2n) is 5.05. The molecular formula is C16H13N5O2S2. The SMILES string of the molecule is CCCCS(=O)(=O)c1nc2ccc(NC(C#N)=C(C#N)C#N)cc2s1. The van der Waals surface area contributed by atoms with E-state index in [0.29, 0.717) is 22.3 Å². The Morgan fingerprint density at radius 3 is 2.56 bits per heavy atom. The smallest absolute Gasteiger partial charge is 0.210 e. The zero-order chi connectivity index (χ0) is 18.4. The van der Waals surface area contributed by atoms with Crippen LogP contribution in [0, 0.1) is 34.0 Å². The molecule has 1 aromatic carbocycles. The van der Waals surface area contributed by atoms with Gasteiger partial charge in [0.15, 0.2) is 5.57 Å². The van der Waals surface area contributed by atoms with Crippen molar-refractivity contribution in [2.24, 2.45) is 0 Å². The Kier molecular flexibility index (Phi) is 5.71. The first-order valence-corrected chi connectivity index (χ1v) is 9.77. The lowest BCUT2D eigenvalue weighted by molar-refractivity contribution is 0.592. The van der Waals surface area contributed by atoms with Crippen LogP contribution in [0.25, 0.3) is 10.2 Å². The van der Waals surface area contributed by atoms with E-state index in [1.165, 1.54) is 0 Å². The summed E-state index contributed by atoms with van der Waals surface area (Å²) in [7, 11) is -3.41. The Morgan fingerprint density at radius 2 is 1.96 bits per heavy atom. The minimum Gasteiger partial charge on any atom is -0.345 e. The van der Waals surface area contributed by atoms with Crippen molar-refractivity contribution >= 4 is 37.1 Å². The number of rotatable bonds is 6. The first-order valence-electron chi connectivity index (χ1n) is 7.30. The summed E-state index contributed by atoms with van der Waals surface area (Å²) >= 11 is 1.06. The zero-order valence-corrected chi connectivity index (χ0v) is 14.9. The molecule has 0 amide bonds. The zero-order valence-electron chi connectivity index (χ0n) is 13.3. The van der Waals surface area contributed by atoms with Crippen molar-refractivity contribution in [1.29, 1.82) is 15.8 Å². The summed E-state index contributed by atoms with van der Waals surface area (Å²) in [4.78, 5) is 4.17. The quantitative estimate of drug-likeness (QED) is 0.772. The van der Waals surface area contributed by atoms with Crippen LogP contribution in [0.15, 0.2) is 33.8 Å². The molecule has 126 valence electrons. The molecule has 1 N–H and O–H groups in total. The van der Waals surface area contributed by atoms with Crippen molar-refractivity contribution in [3.63, 3.8) is 0 Å². The fourth-order valence-corrected chi connectivity index (χ4v) is 4.81. The molecule has 9 heteroatoms. The number of nitrogens with zero attached hydrogens (tertiary/aromatic N) is 4. The first kappa shape index (κ1) is 18.4. The van der Waals surface area contributed by atoms with E-state index in [2.05, 4.69) is 10.3 Å². The normalized spacial score (nSPS) is 10.5. The summed E-state index contributed by atoms with van der Waals surface area (Å²) in [5.41, 5.74) is 0.515. The van der Waals surface area contributed by atoms with Gasteiger partial charge in [0.2, 0.25) is 14.2 Å². The summed E-state index contributed by atoms with van der Waals surface area (Å²) in [5.74, 6) is 0.0590. The molecule has 0 aliphatic heterocycles. The molecule has 0 atom stereocenters. The number of aromatic nitrogens is 1. The van der Waals surface area contributed by atoms with Crippen LogP contribution >= 0.6 is 11.3 Å². The first-order chi connectivity index (χ1) is 11.9. The number of fused-ring (bicyclic) bond motifs is 1. The fraction of sp³-hybridized carbons (Fsp3) is 0.250. The standard InChI is InChI=1S/C16H13N5O2S2/c1-2-3-6-25(22,23)16-21-13-5-4-12(7-15(13)24-16)20-14(10-19)11(8-17)9-18/h4-5,7,20H,2-3,6H2,1H3. The van der Waals surface area contributed by atoms with Crippen molar-refractivity contribution in [2.45, 2.75) is 24.1 Å². The van der Waals surface area contributed by atoms with Gasteiger partial charge in [-0.3, -0.25) is 0 Å². The molecule has 1 aromatic heterocycles. The van der Waals surface area contributed by atoms with E-state index in [9.17, 15) is 8.42 Å². The third-order valence-electron chi connectivity index (χ3n) is 3.26. The van der Waals surface area contributed by atoms with E-state index in [0.717, 1.165) is 17.8 Å². The van der Waals surface area contributed by atoms with Crippen LogP contribution in [0.3, 0.4) is 0 Å². The van der Waals surface area contributed by atoms with E-state index in [1.807, 2.05) is 6.92 Å². The van der Waals surface area contributed by atoms with Gasteiger partial charge in [-0.1, -0.05) is 13.3 Å². The van der Waals surface area contributed by atoms with Crippen LogP contribution in [0.1, 0.15) is 19.8 Å². The van der Waals surface area contributed by atoms with E-state index >= 15 is 0 Å². The lowest BCUT2D eigenvalue weighted by Gasteiger charge is -2.03. The Hall–Kier alpha value is -2.93. The Balaban J connectivity index is 2.39. The van der Waals surface area contributed by atoms with E-state index in [1.54, 1.807) is 36.4 Å². The molecule has 7 nitrogen and oxygen atoms in total. The predicted molar refractivity (Wildman–Crippen MR) is 94.1 cm³/mol. The van der Waals surface area contributed by atoms with Crippen molar-refractivity contribution in [2.75, 3.05) is 11.1 Å². The second-order valence-corrected chi connectivity index (χ2v) is 8.36. The molecule has 0 unspecified atom stereocenters. The lowest BCUT2D eigenvalue weighted by atomic mass is 10.2. The fourth-order valence-electron chi connectivity index (χ4n) is 1.96. The number of thiazole rings is 1. The number of hydrogen-bond donors (Lipinski definition) is 1. The van der Waals surface area contributed by atoms with Crippen LogP contribution in [0.5, 0.6) is 0 Å². The largest absolute Gasteiger partial charge is 0.345 e. The van der Waals surface area contributed by atoms with Crippen molar-refractivity contribution < 1.29 is 8.42 Å². The van der Waals surface area contributed by atoms with E-state index in [-0.39, 0.29) is 21.4 Å². The highest BCUT2D eigenvalue weighted by molar-refractivity contribution is 7.93. The topological polar surface area (TPSA) is 130 Å². The number of anilines is 1. The molecule has 0 fully saturated rings. The van der Waals surface area contributed by atoms with Crippen LogP contribution in [0.2, 0.25) is 0 Å². The predicted octanol–water partition coefficient (Wildman–Crippen LogP) is 3.11. The van der Waals surface area contributed by atoms with Gasteiger partial charge in [-0.05, 0) is 24.6 Å². The van der Waals surface area contributed by atoms with Crippen LogP contribution < -0.4 is 5.32 Å². The third kappa shape index (κ3) is 4.13. The van der Waals surface area contributed by atoms with Gasteiger partial charge in [-0.2, -0.15) is 15.8 Å². The Bertz CT molecular complexity index is 1050. The summed E-state index contributed by atoms with van der Waals surface area (Å²) in [6, 6.07) is 9.93. The highest BCUT2D eigenvalue weighted by atomic mass is 32.2. The maximum atomic E-state index is 12.2. The number of unbranched alkanes of at least 4 members (excludes halogenated alkanes) is 1. The molecule has 0 aliphatic carbocycles. The van der Waals surface area contributed by atoms with Gasteiger partial charge in [0.1, 0.15) is 23.9 Å². The minimum absolute atomic E-state index is 0.0590. The molecule has 0 saturated carbocycles. The molecule has 0 saturated heterocycles. The van der Waals surface area contributed by atoms with Gasteiger partial charge < -0.3 is 5.32 Å². The summed E-state index contributed by atoms with van der Waals surface area (Å²) in [5, 5.41) is 29.5. The summed E-state index contributed by atoms with van der Waals surface area (Å²) in [6.07, 6.45) is 1.36. The highest BCUT2D eigenvalue weighted by Crippen LogP contribution is 2.29. The molecule has 0 bridgehead atoms. The van der Waals surface area contributed by atoms with Gasteiger partial charge in [0, 0.05) is 5.69 Å². The molecular weight excluding hydrogens is 358 g/mol. The molecule has 0 spiro atoms. The molecule has 2 aromatic rings. The number of hydrogen-bond acceptors (Lipinski definition) is 8. The van der Waals surface area contributed by atoms with Gasteiger partial charge >= 0.3 is 0 Å². The third-order valence-corrected chi connectivity index (χ3v) is 6.53. The Labute approximate surface area is 149 Å². The maximum absolute atomic E-state index is 12.2. The number of sulfone groups is 1. The van der Waals surface area contributed by atoms with Gasteiger partial charge in [0.05, 0.1) is 16.0 Å². The Morgan fingerprint density at radius 1 is 1.24 bits per heavy atom. The lowest BCUT2D eigenvalue weighted by Crippen LogP contribution is -2.05. The number of benzene rings is 1. The molecule has 1 heterocycles. The van der Waals surface area contributed by atoms with E-state index in [4.69, 9.17) is 15.8 Å². The minimum atomic E-state index is -3.41. The molecule has 25 heavy (non-hydrogen) atoms. The summed E-state index contributed by atoms with van der Waals surface area (Å²) < 4.78 is 25.2. The van der Waals surface area contributed by atoms with Gasteiger partial charge in [-0.25, -0.2) is 13.4 Å². The van der Waals surface area contributed by atoms with Gasteiger partial charge in [-0.15, -0.1) is 11.3 Å².